The Morgan fingerprint density at radius 1 is 1.48 bits per heavy atom. The van der Waals surface area contributed by atoms with Gasteiger partial charge in [0.15, 0.2) is 0 Å². The van der Waals surface area contributed by atoms with Gasteiger partial charge in [-0.1, -0.05) is 6.92 Å². The molecule has 0 spiro atoms. The first kappa shape index (κ1) is 17.7. The van der Waals surface area contributed by atoms with Crippen LogP contribution in [0.2, 0.25) is 0 Å². The molecule has 2 rings (SSSR count). The van der Waals surface area contributed by atoms with Crippen LogP contribution in [0.4, 0.5) is 17.6 Å². The normalized spacial score (nSPS) is 18.7. The summed E-state index contributed by atoms with van der Waals surface area (Å²) in [5.74, 6) is -1.05. The Labute approximate surface area is 132 Å². The first-order valence-corrected chi connectivity index (χ1v) is 7.48. The maximum atomic E-state index is 13.1. The molecule has 1 amide bonds. The van der Waals surface area contributed by atoms with E-state index < -0.39 is 18.7 Å². The molecule has 1 unspecified atom stereocenters. The number of likely N-dealkylation sites (tertiary alicyclic amines) is 1. The van der Waals surface area contributed by atoms with E-state index in [0.717, 1.165) is 6.07 Å². The number of pyridine rings is 1. The van der Waals surface area contributed by atoms with Crippen LogP contribution in [-0.4, -0.2) is 59.6 Å². The summed E-state index contributed by atoms with van der Waals surface area (Å²) in [7, 11) is 0. The van der Waals surface area contributed by atoms with Crippen molar-refractivity contribution in [2.24, 2.45) is 5.92 Å². The van der Waals surface area contributed by atoms with Crippen LogP contribution in [0.1, 0.15) is 23.7 Å². The summed E-state index contributed by atoms with van der Waals surface area (Å²) >= 11 is 0. The number of carbonyl (C=O) groups is 1. The van der Waals surface area contributed by atoms with E-state index in [2.05, 4.69) is 4.98 Å². The Balaban J connectivity index is 1.91. The zero-order valence-corrected chi connectivity index (χ0v) is 12.8. The fraction of sp³-hybridized carbons (Fsp3) is 0.600. The van der Waals surface area contributed by atoms with Crippen molar-refractivity contribution >= 4 is 5.91 Å². The highest BCUT2D eigenvalue weighted by atomic mass is 19.4. The van der Waals surface area contributed by atoms with E-state index in [-0.39, 0.29) is 17.4 Å². The molecule has 4 nitrogen and oxygen atoms in total. The van der Waals surface area contributed by atoms with Gasteiger partial charge in [0.25, 0.3) is 5.91 Å². The third-order valence-electron chi connectivity index (χ3n) is 3.91. The number of amides is 1. The SMILES string of the molecule is CCN(CC1CCN(C(=O)c2ccnc(F)c2)C1)CC(F)(F)F. The topological polar surface area (TPSA) is 36.4 Å². The summed E-state index contributed by atoms with van der Waals surface area (Å²) in [6.45, 7) is 2.20. The zero-order chi connectivity index (χ0) is 17.0. The summed E-state index contributed by atoms with van der Waals surface area (Å²) in [5.41, 5.74) is 0.209. The van der Waals surface area contributed by atoms with Gasteiger partial charge in [0.1, 0.15) is 0 Å². The first-order valence-electron chi connectivity index (χ1n) is 7.48. The van der Waals surface area contributed by atoms with Gasteiger partial charge in [0.05, 0.1) is 6.54 Å². The summed E-state index contributed by atoms with van der Waals surface area (Å²) in [6, 6.07) is 2.50. The molecule has 0 bridgehead atoms. The zero-order valence-electron chi connectivity index (χ0n) is 12.8. The van der Waals surface area contributed by atoms with Gasteiger partial charge in [-0.15, -0.1) is 0 Å². The molecule has 2 heterocycles. The average Bonchev–Trinajstić information content (AvgIpc) is 2.92. The van der Waals surface area contributed by atoms with Crippen molar-refractivity contribution in [3.63, 3.8) is 0 Å². The van der Waals surface area contributed by atoms with Gasteiger partial charge < -0.3 is 4.90 Å². The first-order chi connectivity index (χ1) is 10.8. The number of aromatic nitrogens is 1. The second-order valence-electron chi connectivity index (χ2n) is 5.72. The van der Waals surface area contributed by atoms with Gasteiger partial charge in [-0.2, -0.15) is 17.6 Å². The second-order valence-corrected chi connectivity index (χ2v) is 5.72. The molecule has 0 aliphatic carbocycles. The number of alkyl halides is 3. The largest absolute Gasteiger partial charge is 0.401 e. The van der Waals surface area contributed by atoms with E-state index in [1.807, 2.05) is 0 Å². The second kappa shape index (κ2) is 7.25. The standard InChI is InChI=1S/C15H19F4N3O/c1-2-21(10-15(17,18)19)8-11-4-6-22(9-11)14(23)12-3-5-20-13(16)7-12/h3,5,7,11H,2,4,6,8-10H2,1H3. The lowest BCUT2D eigenvalue weighted by atomic mass is 10.1. The maximum absolute atomic E-state index is 13.1. The third kappa shape index (κ3) is 5.16. The number of hydrogen-bond donors (Lipinski definition) is 0. The summed E-state index contributed by atoms with van der Waals surface area (Å²) in [5, 5.41) is 0. The van der Waals surface area contributed by atoms with Gasteiger partial charge in [-0.25, -0.2) is 4.98 Å². The fourth-order valence-corrected chi connectivity index (χ4v) is 2.81. The molecular formula is C15H19F4N3O. The quantitative estimate of drug-likeness (QED) is 0.614. The van der Waals surface area contributed by atoms with E-state index in [1.165, 1.54) is 17.2 Å². The highest BCUT2D eigenvalue weighted by Crippen LogP contribution is 2.22. The monoisotopic (exact) mass is 333 g/mol. The van der Waals surface area contributed by atoms with Crippen molar-refractivity contribution in [3.05, 3.63) is 29.8 Å². The lowest BCUT2D eigenvalue weighted by molar-refractivity contribution is -0.146. The molecule has 1 aromatic rings. The minimum atomic E-state index is -4.22. The summed E-state index contributed by atoms with van der Waals surface area (Å²) in [6.07, 6.45) is -2.36. The Hall–Kier alpha value is -1.70. The highest BCUT2D eigenvalue weighted by molar-refractivity contribution is 5.94. The predicted octanol–water partition coefficient (Wildman–Crippen LogP) is 2.57. The number of hydrogen-bond acceptors (Lipinski definition) is 3. The maximum Gasteiger partial charge on any atom is 0.401 e. The van der Waals surface area contributed by atoms with Gasteiger partial charge in [-0.3, -0.25) is 9.69 Å². The summed E-state index contributed by atoms with van der Waals surface area (Å²) < 4.78 is 50.5. The van der Waals surface area contributed by atoms with E-state index in [4.69, 9.17) is 0 Å². The molecule has 1 aliphatic heterocycles. The lowest BCUT2D eigenvalue weighted by Crippen LogP contribution is -2.38. The van der Waals surface area contributed by atoms with Gasteiger partial charge >= 0.3 is 6.18 Å². The Morgan fingerprint density at radius 3 is 2.83 bits per heavy atom. The van der Waals surface area contributed by atoms with Crippen molar-refractivity contribution in [1.29, 1.82) is 0 Å². The Kier molecular flexibility index (Phi) is 5.56. The molecule has 1 aromatic heterocycles. The van der Waals surface area contributed by atoms with Crippen LogP contribution in [0.3, 0.4) is 0 Å². The van der Waals surface area contributed by atoms with Gasteiger partial charge in [0, 0.05) is 37.5 Å². The van der Waals surface area contributed by atoms with Crippen molar-refractivity contribution < 1.29 is 22.4 Å². The molecule has 0 N–H and O–H groups in total. The van der Waals surface area contributed by atoms with Gasteiger partial charge in [-0.05, 0) is 24.9 Å². The van der Waals surface area contributed by atoms with Crippen LogP contribution in [-0.2, 0) is 0 Å². The Morgan fingerprint density at radius 2 is 2.22 bits per heavy atom. The third-order valence-corrected chi connectivity index (χ3v) is 3.91. The smallest absolute Gasteiger partial charge is 0.338 e. The van der Waals surface area contributed by atoms with Crippen LogP contribution in [0.15, 0.2) is 18.3 Å². The van der Waals surface area contributed by atoms with Crippen molar-refractivity contribution in [2.45, 2.75) is 19.5 Å². The van der Waals surface area contributed by atoms with Crippen LogP contribution in [0.5, 0.6) is 0 Å². The number of rotatable bonds is 5. The van der Waals surface area contributed by atoms with E-state index in [9.17, 15) is 22.4 Å². The minimum absolute atomic E-state index is 0.00654. The van der Waals surface area contributed by atoms with Crippen LogP contribution >= 0.6 is 0 Å². The molecule has 0 radical (unpaired) electrons. The van der Waals surface area contributed by atoms with Crippen molar-refractivity contribution in [2.75, 3.05) is 32.7 Å². The molecule has 1 fully saturated rings. The number of carbonyl (C=O) groups excluding carboxylic acids is 1. The molecule has 23 heavy (non-hydrogen) atoms. The van der Waals surface area contributed by atoms with Crippen molar-refractivity contribution in [3.8, 4) is 0 Å². The van der Waals surface area contributed by atoms with Gasteiger partial charge in [0.2, 0.25) is 5.95 Å². The van der Waals surface area contributed by atoms with E-state index in [1.54, 1.807) is 11.8 Å². The fourth-order valence-electron chi connectivity index (χ4n) is 2.81. The molecule has 128 valence electrons. The molecule has 1 atom stereocenters. The van der Waals surface area contributed by atoms with Crippen molar-refractivity contribution in [1.82, 2.24) is 14.8 Å². The molecule has 8 heteroatoms. The number of nitrogens with zero attached hydrogens (tertiary/aromatic N) is 3. The summed E-state index contributed by atoms with van der Waals surface area (Å²) in [4.78, 5) is 18.6. The predicted molar refractivity (Wildman–Crippen MR) is 76.4 cm³/mol. The molecule has 0 saturated carbocycles. The minimum Gasteiger partial charge on any atom is -0.338 e. The van der Waals surface area contributed by atoms with Crippen LogP contribution in [0, 0.1) is 11.9 Å². The molecule has 1 saturated heterocycles. The van der Waals surface area contributed by atoms with Crippen LogP contribution in [0.25, 0.3) is 0 Å². The average molecular weight is 333 g/mol. The lowest BCUT2D eigenvalue weighted by Gasteiger charge is -2.25. The van der Waals surface area contributed by atoms with E-state index in [0.29, 0.717) is 32.6 Å². The number of halogens is 4. The Bertz CT molecular complexity index is 550. The molecule has 0 aromatic carbocycles. The van der Waals surface area contributed by atoms with E-state index >= 15 is 0 Å². The molecular weight excluding hydrogens is 314 g/mol. The molecule has 1 aliphatic rings. The van der Waals surface area contributed by atoms with Crippen LogP contribution < -0.4 is 0 Å². The highest BCUT2D eigenvalue weighted by Gasteiger charge is 2.33.